The zero-order valence-corrected chi connectivity index (χ0v) is 10.9. The van der Waals surface area contributed by atoms with E-state index >= 15 is 0 Å². The van der Waals surface area contributed by atoms with Crippen LogP contribution in [-0.2, 0) is 0 Å². The van der Waals surface area contributed by atoms with Crippen LogP contribution in [0.1, 0.15) is 21.5 Å². The number of carbonyl (C=O) groups excluding carboxylic acids is 1. The number of rotatable bonds is 3. The van der Waals surface area contributed by atoms with Crippen LogP contribution in [0, 0.1) is 18.8 Å². The van der Waals surface area contributed by atoms with Gasteiger partial charge < -0.3 is 10.6 Å². The molecule has 2 N–H and O–H groups in total. The number of alkyl halides is 2. The van der Waals surface area contributed by atoms with Crippen LogP contribution in [-0.4, -0.2) is 37.4 Å². The Kier molecular flexibility index (Phi) is 5.46. The van der Waals surface area contributed by atoms with Crippen molar-refractivity contribution in [2.45, 2.75) is 13.3 Å². The molecule has 0 aliphatic carbocycles. The molecule has 0 saturated carbocycles. The summed E-state index contributed by atoms with van der Waals surface area (Å²) in [5.74, 6) is 4.97. The minimum atomic E-state index is -2.56. The Morgan fingerprint density at radius 2 is 2.16 bits per heavy atom. The maximum atomic E-state index is 12.3. The minimum Gasteiger partial charge on any atom is -0.336 e. The lowest BCUT2D eigenvalue weighted by Crippen LogP contribution is -2.31. The van der Waals surface area contributed by atoms with E-state index in [1.54, 1.807) is 12.1 Å². The van der Waals surface area contributed by atoms with Crippen LogP contribution in [0.5, 0.6) is 0 Å². The minimum absolute atomic E-state index is 0.175. The molecule has 3 nitrogen and oxygen atoms in total. The SMILES string of the molecule is Cc1ccc(C#CCN)c(C(=O)N(C)CC(F)F)c1. The fourth-order valence-corrected chi connectivity index (χ4v) is 1.59. The Morgan fingerprint density at radius 3 is 2.74 bits per heavy atom. The first kappa shape index (κ1) is 15.1. The van der Waals surface area contributed by atoms with E-state index in [0.717, 1.165) is 10.5 Å². The van der Waals surface area contributed by atoms with Gasteiger partial charge in [0.15, 0.2) is 0 Å². The van der Waals surface area contributed by atoms with Crippen molar-refractivity contribution in [2.75, 3.05) is 20.1 Å². The highest BCUT2D eigenvalue weighted by Crippen LogP contribution is 2.14. The first-order chi connectivity index (χ1) is 8.95. The van der Waals surface area contributed by atoms with Crippen molar-refractivity contribution < 1.29 is 13.6 Å². The van der Waals surface area contributed by atoms with E-state index in [-0.39, 0.29) is 6.54 Å². The number of carbonyl (C=O) groups is 1. The predicted molar refractivity (Wildman–Crippen MR) is 70.1 cm³/mol. The molecule has 102 valence electrons. The quantitative estimate of drug-likeness (QED) is 0.845. The van der Waals surface area contributed by atoms with Gasteiger partial charge in [-0.2, -0.15) is 0 Å². The van der Waals surface area contributed by atoms with E-state index in [4.69, 9.17) is 5.73 Å². The molecule has 1 aromatic rings. The number of hydrogen-bond acceptors (Lipinski definition) is 2. The number of benzene rings is 1. The third-order valence-corrected chi connectivity index (χ3v) is 2.49. The van der Waals surface area contributed by atoms with Gasteiger partial charge in [-0.05, 0) is 19.1 Å². The fourth-order valence-electron chi connectivity index (χ4n) is 1.59. The van der Waals surface area contributed by atoms with Gasteiger partial charge in [-0.25, -0.2) is 8.78 Å². The summed E-state index contributed by atoms with van der Waals surface area (Å²) in [5.41, 5.74) is 6.98. The van der Waals surface area contributed by atoms with E-state index in [1.165, 1.54) is 7.05 Å². The number of aryl methyl sites for hydroxylation is 1. The molecule has 0 aliphatic rings. The molecule has 19 heavy (non-hydrogen) atoms. The Bertz CT molecular complexity index is 518. The molecule has 0 unspecified atom stereocenters. The molecule has 0 radical (unpaired) electrons. The summed E-state index contributed by atoms with van der Waals surface area (Å²) in [6.07, 6.45) is -2.56. The molecule has 0 aliphatic heterocycles. The van der Waals surface area contributed by atoms with Gasteiger partial charge in [0.05, 0.1) is 18.7 Å². The fraction of sp³-hybridized carbons (Fsp3) is 0.357. The zero-order valence-electron chi connectivity index (χ0n) is 10.9. The van der Waals surface area contributed by atoms with Crippen molar-refractivity contribution in [3.8, 4) is 11.8 Å². The van der Waals surface area contributed by atoms with E-state index in [0.29, 0.717) is 11.1 Å². The molecule has 0 aromatic heterocycles. The Hall–Kier alpha value is -1.93. The second kappa shape index (κ2) is 6.86. The van der Waals surface area contributed by atoms with Gasteiger partial charge in [-0.1, -0.05) is 23.5 Å². The molecular weight excluding hydrogens is 250 g/mol. The van der Waals surface area contributed by atoms with Crippen LogP contribution < -0.4 is 5.73 Å². The number of hydrogen-bond donors (Lipinski definition) is 1. The smallest absolute Gasteiger partial charge is 0.255 e. The second-order valence-corrected chi connectivity index (χ2v) is 4.13. The van der Waals surface area contributed by atoms with Crippen LogP contribution in [0.3, 0.4) is 0 Å². The van der Waals surface area contributed by atoms with Crippen molar-refractivity contribution >= 4 is 5.91 Å². The predicted octanol–water partition coefficient (Wildman–Crippen LogP) is 1.64. The third-order valence-electron chi connectivity index (χ3n) is 2.49. The molecular formula is C14H16F2N2O. The molecule has 0 heterocycles. The van der Waals surface area contributed by atoms with Crippen LogP contribution in [0.15, 0.2) is 18.2 Å². The molecule has 1 amide bonds. The van der Waals surface area contributed by atoms with Gasteiger partial charge >= 0.3 is 0 Å². The number of nitrogens with two attached hydrogens (primary N) is 1. The van der Waals surface area contributed by atoms with Crippen molar-refractivity contribution in [3.05, 3.63) is 34.9 Å². The van der Waals surface area contributed by atoms with Crippen molar-refractivity contribution in [1.82, 2.24) is 4.90 Å². The highest BCUT2D eigenvalue weighted by molar-refractivity contribution is 5.96. The summed E-state index contributed by atoms with van der Waals surface area (Å²) in [4.78, 5) is 13.1. The van der Waals surface area contributed by atoms with Gasteiger partial charge in [0.25, 0.3) is 12.3 Å². The molecule has 0 spiro atoms. The monoisotopic (exact) mass is 266 g/mol. The van der Waals surface area contributed by atoms with Crippen molar-refractivity contribution in [3.63, 3.8) is 0 Å². The highest BCUT2D eigenvalue weighted by atomic mass is 19.3. The van der Waals surface area contributed by atoms with Gasteiger partial charge in [0.1, 0.15) is 0 Å². The van der Waals surface area contributed by atoms with Crippen LogP contribution >= 0.6 is 0 Å². The highest BCUT2D eigenvalue weighted by Gasteiger charge is 2.18. The van der Waals surface area contributed by atoms with Crippen LogP contribution in [0.2, 0.25) is 0 Å². The molecule has 5 heteroatoms. The Morgan fingerprint density at radius 1 is 1.47 bits per heavy atom. The zero-order chi connectivity index (χ0) is 14.4. The molecule has 0 fully saturated rings. The molecule has 0 saturated heterocycles. The van der Waals surface area contributed by atoms with Gasteiger partial charge in [-0.3, -0.25) is 4.79 Å². The lowest BCUT2D eigenvalue weighted by atomic mass is 10.0. The largest absolute Gasteiger partial charge is 0.336 e. The summed E-state index contributed by atoms with van der Waals surface area (Å²) in [6, 6.07) is 5.15. The Labute approximate surface area is 111 Å². The summed E-state index contributed by atoms with van der Waals surface area (Å²) >= 11 is 0. The van der Waals surface area contributed by atoms with Gasteiger partial charge in [0.2, 0.25) is 0 Å². The summed E-state index contributed by atoms with van der Waals surface area (Å²) in [5, 5.41) is 0. The number of amides is 1. The summed E-state index contributed by atoms with van der Waals surface area (Å²) in [6.45, 7) is 1.40. The normalized spacial score (nSPS) is 10.0. The maximum absolute atomic E-state index is 12.3. The lowest BCUT2D eigenvalue weighted by molar-refractivity contribution is 0.0620. The average molecular weight is 266 g/mol. The summed E-state index contributed by atoms with van der Waals surface area (Å²) in [7, 11) is 1.34. The average Bonchev–Trinajstić information content (AvgIpc) is 2.35. The lowest BCUT2D eigenvalue weighted by Gasteiger charge is -2.17. The van der Waals surface area contributed by atoms with Crippen LogP contribution in [0.4, 0.5) is 8.78 Å². The van der Waals surface area contributed by atoms with Crippen molar-refractivity contribution in [2.24, 2.45) is 5.73 Å². The van der Waals surface area contributed by atoms with Gasteiger partial charge in [-0.15, -0.1) is 0 Å². The van der Waals surface area contributed by atoms with Crippen molar-refractivity contribution in [1.29, 1.82) is 0 Å². The standard InChI is InChI=1S/C14H16F2N2O/c1-10-5-6-11(4-3-7-17)12(8-10)14(19)18(2)9-13(15)16/h5-6,8,13H,7,9,17H2,1-2H3. The molecule has 1 aromatic carbocycles. The number of nitrogens with zero attached hydrogens (tertiary/aromatic N) is 1. The first-order valence-corrected chi connectivity index (χ1v) is 5.79. The second-order valence-electron chi connectivity index (χ2n) is 4.13. The van der Waals surface area contributed by atoms with E-state index < -0.39 is 18.9 Å². The van der Waals surface area contributed by atoms with Gasteiger partial charge in [0, 0.05) is 12.6 Å². The van der Waals surface area contributed by atoms with E-state index in [1.807, 2.05) is 13.0 Å². The Balaban J connectivity index is 3.09. The van der Waals surface area contributed by atoms with Crippen LogP contribution in [0.25, 0.3) is 0 Å². The topological polar surface area (TPSA) is 46.3 Å². The molecule has 0 bridgehead atoms. The summed E-state index contributed by atoms with van der Waals surface area (Å²) < 4.78 is 24.6. The maximum Gasteiger partial charge on any atom is 0.255 e. The van der Waals surface area contributed by atoms with E-state index in [9.17, 15) is 13.6 Å². The third kappa shape index (κ3) is 4.34. The first-order valence-electron chi connectivity index (χ1n) is 5.79. The van der Waals surface area contributed by atoms with E-state index in [2.05, 4.69) is 11.8 Å². The molecule has 0 atom stereocenters. The number of halogens is 2. The molecule has 1 rings (SSSR count).